The van der Waals surface area contributed by atoms with Crippen LogP contribution in [-0.2, 0) is 14.3 Å². The first-order valence-corrected chi connectivity index (χ1v) is 13.0. The third kappa shape index (κ3) is 4.74. The zero-order chi connectivity index (χ0) is 23.1. The molecule has 2 aliphatic carbocycles. The maximum atomic E-state index is 13.5. The highest BCUT2D eigenvalue weighted by atomic mass is 16.6. The summed E-state index contributed by atoms with van der Waals surface area (Å²) < 4.78 is 11.5. The third-order valence-electron chi connectivity index (χ3n) is 8.61. The molecule has 9 nitrogen and oxygen atoms in total. The summed E-state index contributed by atoms with van der Waals surface area (Å²) in [6.45, 7) is 7.26. The molecule has 2 N–H and O–H groups in total. The zero-order valence-electron chi connectivity index (χ0n) is 20.4. The number of hydrazine groups is 1. The Morgan fingerprint density at radius 3 is 2.55 bits per heavy atom. The Labute approximate surface area is 197 Å². The molecule has 3 saturated heterocycles. The molecular formula is C24H41N5O4. The third-order valence-corrected chi connectivity index (χ3v) is 8.61. The number of hydrogen-bond acceptors (Lipinski definition) is 7. The van der Waals surface area contributed by atoms with E-state index in [-0.39, 0.29) is 42.5 Å². The molecule has 2 saturated carbocycles. The number of amides is 2. The number of fused-ring (bicyclic) bond motifs is 1. The van der Waals surface area contributed by atoms with Crippen molar-refractivity contribution >= 4 is 12.0 Å². The number of nitrogens with zero attached hydrogens (tertiary/aromatic N) is 3. The molecular weight excluding hydrogens is 422 g/mol. The van der Waals surface area contributed by atoms with Crippen LogP contribution in [0.2, 0.25) is 0 Å². The van der Waals surface area contributed by atoms with Crippen molar-refractivity contribution in [3.8, 4) is 0 Å². The van der Waals surface area contributed by atoms with Gasteiger partial charge in [-0.2, -0.15) is 0 Å². The lowest BCUT2D eigenvalue weighted by Crippen LogP contribution is -2.67. The summed E-state index contributed by atoms with van der Waals surface area (Å²) in [4.78, 5) is 30.0. The Bertz CT molecular complexity index is 734. The van der Waals surface area contributed by atoms with E-state index >= 15 is 0 Å². The van der Waals surface area contributed by atoms with Gasteiger partial charge in [-0.1, -0.05) is 0 Å². The van der Waals surface area contributed by atoms with Crippen LogP contribution in [-0.4, -0.2) is 96.6 Å². The van der Waals surface area contributed by atoms with E-state index in [1.807, 2.05) is 9.80 Å². The fourth-order valence-electron chi connectivity index (χ4n) is 6.82. The van der Waals surface area contributed by atoms with E-state index in [2.05, 4.69) is 22.7 Å². The number of piperazine rings is 1. The molecule has 9 heteroatoms. The molecule has 5 rings (SSSR count). The minimum absolute atomic E-state index is 0.00550. The zero-order valence-corrected chi connectivity index (χ0v) is 20.4. The van der Waals surface area contributed by atoms with Gasteiger partial charge in [0.25, 0.3) is 0 Å². The molecule has 5 aliphatic rings. The van der Waals surface area contributed by atoms with Crippen molar-refractivity contribution in [3.63, 3.8) is 0 Å². The molecule has 3 heterocycles. The van der Waals surface area contributed by atoms with Gasteiger partial charge in [-0.25, -0.2) is 9.80 Å². The quantitative estimate of drug-likeness (QED) is 0.654. The summed E-state index contributed by atoms with van der Waals surface area (Å²) in [7, 11) is 1.65. The van der Waals surface area contributed by atoms with Gasteiger partial charge < -0.3 is 19.3 Å². The smallest absolute Gasteiger partial charge is 0.410 e. The molecule has 7 atom stereocenters. The fraction of sp³-hybridized carbons (Fsp3) is 0.917. The largest absolute Gasteiger partial charge is 0.442 e. The van der Waals surface area contributed by atoms with Crippen LogP contribution in [0.1, 0.15) is 58.8 Å². The summed E-state index contributed by atoms with van der Waals surface area (Å²) in [6, 6.07) is 0.809. The first-order valence-electron chi connectivity index (χ1n) is 13.0. The number of methoxy groups -OCH3 is 1. The van der Waals surface area contributed by atoms with Crippen molar-refractivity contribution in [1.29, 1.82) is 0 Å². The SMILES string of the molecule is COC1NCCCC1OC(=O)N1C[C@H](C)N(C(C)=O)C2CCC(C3CNN(C4CC4)C3)CC21. The van der Waals surface area contributed by atoms with E-state index in [1.165, 1.54) is 12.8 Å². The molecule has 0 aromatic rings. The first kappa shape index (κ1) is 23.3. The number of hydrogen-bond donors (Lipinski definition) is 2. The highest BCUT2D eigenvalue weighted by molar-refractivity contribution is 5.75. The van der Waals surface area contributed by atoms with Gasteiger partial charge in [0.1, 0.15) is 12.3 Å². The molecule has 33 heavy (non-hydrogen) atoms. The number of nitrogens with one attached hydrogen (secondary N) is 2. The van der Waals surface area contributed by atoms with Crippen LogP contribution in [0.3, 0.4) is 0 Å². The highest BCUT2D eigenvalue weighted by Crippen LogP contribution is 2.41. The number of ether oxygens (including phenoxy) is 2. The van der Waals surface area contributed by atoms with Gasteiger partial charge in [0.2, 0.25) is 5.91 Å². The Kier molecular flexibility index (Phi) is 6.84. The second-order valence-electron chi connectivity index (χ2n) is 10.8. The van der Waals surface area contributed by atoms with Crippen LogP contribution in [0.15, 0.2) is 0 Å². The average molecular weight is 464 g/mol. The molecule has 0 aromatic carbocycles. The van der Waals surface area contributed by atoms with Crippen molar-refractivity contribution in [1.82, 2.24) is 25.6 Å². The van der Waals surface area contributed by atoms with Crippen LogP contribution in [0.5, 0.6) is 0 Å². The lowest BCUT2D eigenvalue weighted by Gasteiger charge is -2.54. The Balaban J connectivity index is 1.30. The van der Waals surface area contributed by atoms with Crippen LogP contribution >= 0.6 is 0 Å². The van der Waals surface area contributed by atoms with Crippen LogP contribution in [0.4, 0.5) is 4.79 Å². The number of piperidine rings is 1. The van der Waals surface area contributed by atoms with Gasteiger partial charge >= 0.3 is 6.09 Å². The molecule has 0 bridgehead atoms. The van der Waals surface area contributed by atoms with Crippen LogP contribution in [0.25, 0.3) is 0 Å². The van der Waals surface area contributed by atoms with E-state index in [1.54, 1.807) is 14.0 Å². The fourth-order valence-corrected chi connectivity index (χ4v) is 6.82. The molecule has 0 aromatic heterocycles. The normalized spacial score (nSPS) is 39.9. The summed E-state index contributed by atoms with van der Waals surface area (Å²) in [5.41, 5.74) is 3.61. The summed E-state index contributed by atoms with van der Waals surface area (Å²) >= 11 is 0. The van der Waals surface area contributed by atoms with Gasteiger partial charge in [0.15, 0.2) is 0 Å². The van der Waals surface area contributed by atoms with E-state index in [9.17, 15) is 9.59 Å². The highest BCUT2D eigenvalue weighted by Gasteiger charge is 2.49. The number of carbonyl (C=O) groups excluding carboxylic acids is 2. The number of carbonyl (C=O) groups is 2. The van der Waals surface area contributed by atoms with Crippen molar-refractivity contribution < 1.29 is 19.1 Å². The van der Waals surface area contributed by atoms with Gasteiger partial charge in [-0.05, 0) is 70.3 Å². The minimum Gasteiger partial charge on any atom is -0.442 e. The molecule has 3 aliphatic heterocycles. The summed E-state index contributed by atoms with van der Waals surface area (Å²) in [5, 5.41) is 5.73. The molecule has 6 unspecified atom stereocenters. The second kappa shape index (κ2) is 9.68. The van der Waals surface area contributed by atoms with E-state index in [4.69, 9.17) is 9.47 Å². The topological polar surface area (TPSA) is 86.4 Å². The predicted molar refractivity (Wildman–Crippen MR) is 123 cm³/mol. The summed E-state index contributed by atoms with van der Waals surface area (Å²) in [6.07, 6.45) is 6.61. The van der Waals surface area contributed by atoms with Crippen molar-refractivity contribution in [2.75, 3.05) is 33.3 Å². The monoisotopic (exact) mass is 463 g/mol. The second-order valence-corrected chi connectivity index (χ2v) is 10.8. The van der Waals surface area contributed by atoms with E-state index in [0.29, 0.717) is 18.4 Å². The first-order chi connectivity index (χ1) is 16.0. The Morgan fingerprint density at radius 1 is 1.00 bits per heavy atom. The Morgan fingerprint density at radius 2 is 1.82 bits per heavy atom. The average Bonchev–Trinajstić information content (AvgIpc) is 3.54. The van der Waals surface area contributed by atoms with Crippen LogP contribution in [0, 0.1) is 11.8 Å². The predicted octanol–water partition coefficient (Wildman–Crippen LogP) is 1.54. The van der Waals surface area contributed by atoms with Gasteiger partial charge in [0.05, 0.1) is 12.1 Å². The van der Waals surface area contributed by atoms with Gasteiger partial charge in [-0.15, -0.1) is 0 Å². The Hall–Kier alpha value is -1.42. The van der Waals surface area contributed by atoms with Gasteiger partial charge in [-0.3, -0.25) is 15.5 Å². The molecule has 0 spiro atoms. The molecule has 0 radical (unpaired) electrons. The maximum absolute atomic E-state index is 13.5. The van der Waals surface area contributed by atoms with Crippen LogP contribution < -0.4 is 10.7 Å². The number of rotatable bonds is 4. The lowest BCUT2D eigenvalue weighted by molar-refractivity contribution is -0.143. The minimum atomic E-state index is -0.277. The summed E-state index contributed by atoms with van der Waals surface area (Å²) in [5.74, 6) is 1.28. The molecule has 5 fully saturated rings. The van der Waals surface area contributed by atoms with E-state index in [0.717, 1.165) is 57.8 Å². The maximum Gasteiger partial charge on any atom is 0.410 e. The van der Waals surface area contributed by atoms with Gasteiger partial charge in [0, 0.05) is 45.8 Å². The molecule has 2 amide bonds. The van der Waals surface area contributed by atoms with E-state index < -0.39 is 0 Å². The van der Waals surface area contributed by atoms with Crippen molar-refractivity contribution in [3.05, 3.63) is 0 Å². The van der Waals surface area contributed by atoms with Crippen molar-refractivity contribution in [2.45, 2.75) is 95.3 Å². The van der Waals surface area contributed by atoms with Crippen molar-refractivity contribution in [2.24, 2.45) is 11.8 Å². The standard InChI is InChI=1S/C24H41N5O4/c1-15-13-27(24(31)33-22-5-4-10-25-23(22)32-3)21-11-17(6-9-20(21)29(15)16(2)30)18-12-26-28(14-18)19-7-8-19/h15,17-23,25-26H,4-14H2,1-3H3/t15-,17?,18?,20?,21?,22?,23?/m0/s1. The lowest BCUT2D eigenvalue weighted by atomic mass is 9.73. The molecule has 186 valence electrons.